The fourth-order valence-corrected chi connectivity index (χ4v) is 0.834. The van der Waals surface area contributed by atoms with Gasteiger partial charge in [0.2, 0.25) is 0 Å². The van der Waals surface area contributed by atoms with Crippen LogP contribution >= 0.6 is 0 Å². The minimum Gasteiger partial charge on any atom is -0.331 e. The molecule has 0 fully saturated rings. The number of hydrogen-bond donors (Lipinski definition) is 1. The van der Waals surface area contributed by atoms with Gasteiger partial charge in [0.15, 0.2) is 0 Å². The van der Waals surface area contributed by atoms with Crippen LogP contribution in [0.4, 0.5) is 0 Å². The second-order valence-corrected chi connectivity index (χ2v) is 2.58. The molecular formula is C9H20N+. The van der Waals surface area contributed by atoms with Gasteiger partial charge >= 0.3 is 0 Å². The summed E-state index contributed by atoms with van der Waals surface area (Å²) in [5.74, 6) is 0. The van der Waals surface area contributed by atoms with E-state index in [1.165, 1.54) is 10.5 Å². The molecule has 0 spiro atoms. The lowest BCUT2D eigenvalue weighted by Crippen LogP contribution is -3.08. The Kier molecular flexibility index (Phi) is 7.97. The summed E-state index contributed by atoms with van der Waals surface area (Å²) in [4.78, 5) is 1.44. The summed E-state index contributed by atoms with van der Waals surface area (Å²) in [6.07, 6.45) is 1.93. The summed E-state index contributed by atoms with van der Waals surface area (Å²) in [6.45, 7) is 11.6. The Bertz CT molecular complexity index is 105. The van der Waals surface area contributed by atoms with Gasteiger partial charge < -0.3 is 4.90 Å². The molecule has 0 aliphatic heterocycles. The second-order valence-electron chi connectivity index (χ2n) is 2.58. The van der Waals surface area contributed by atoms with Crippen molar-refractivity contribution in [3.05, 3.63) is 24.8 Å². The molecule has 1 atom stereocenters. The fourth-order valence-electron chi connectivity index (χ4n) is 0.834. The smallest absolute Gasteiger partial charge is 0.0982 e. The molecule has 0 radical (unpaired) electrons. The maximum Gasteiger partial charge on any atom is 0.0982 e. The van der Waals surface area contributed by atoms with Crippen molar-refractivity contribution in [2.75, 3.05) is 20.1 Å². The zero-order valence-electron chi connectivity index (χ0n) is 6.41. The van der Waals surface area contributed by atoms with E-state index in [1.807, 2.05) is 13.0 Å². The zero-order chi connectivity index (χ0) is 7.28. The molecule has 0 aromatic carbocycles. The summed E-state index contributed by atoms with van der Waals surface area (Å²) in [7, 11) is 2.14. The molecule has 1 unspecified atom stereocenters. The molecule has 1 heteroatoms. The van der Waals surface area contributed by atoms with E-state index < -0.39 is 0 Å². The van der Waals surface area contributed by atoms with Crippen molar-refractivity contribution in [1.82, 2.24) is 0 Å². The quantitative estimate of drug-likeness (QED) is 0.556. The molecule has 0 heterocycles. The zero-order valence-corrected chi connectivity index (χ0v) is 6.41. The third-order valence-corrected chi connectivity index (χ3v) is 1.10. The van der Waals surface area contributed by atoms with Crippen molar-refractivity contribution in [2.24, 2.45) is 0 Å². The number of likely N-dealkylation sites (N-methyl/N-ethyl adjacent to an activating group) is 1. The van der Waals surface area contributed by atoms with Crippen LogP contribution in [-0.2, 0) is 0 Å². The Balaban J connectivity index is 0. The van der Waals surface area contributed by atoms with E-state index >= 15 is 0 Å². The van der Waals surface area contributed by atoms with Crippen LogP contribution in [-0.4, -0.2) is 20.1 Å². The van der Waals surface area contributed by atoms with Gasteiger partial charge in [-0.2, -0.15) is 0 Å². The highest BCUT2D eigenvalue weighted by Gasteiger charge is 1.95. The number of nitrogens with one attached hydrogen (secondary N) is 1. The van der Waals surface area contributed by atoms with Gasteiger partial charge in [0.05, 0.1) is 20.1 Å². The lowest BCUT2D eigenvalue weighted by molar-refractivity contribution is -0.868. The van der Waals surface area contributed by atoms with Crippen LogP contribution in [0.3, 0.4) is 0 Å². The molecule has 0 aromatic rings. The van der Waals surface area contributed by atoms with E-state index in [9.17, 15) is 0 Å². The van der Waals surface area contributed by atoms with Gasteiger partial charge in [0, 0.05) is 0 Å². The molecule has 1 nitrogen and oxygen atoms in total. The molecule has 0 saturated carbocycles. The summed E-state index contributed by atoms with van der Waals surface area (Å²) < 4.78 is 0. The molecular weight excluding hydrogens is 122 g/mol. The fraction of sp³-hybridized carbons (Fsp3) is 0.556. The van der Waals surface area contributed by atoms with Gasteiger partial charge in [-0.25, -0.2) is 0 Å². The highest BCUT2D eigenvalue weighted by Crippen LogP contribution is 1.75. The standard InChI is InChI=1S/C8H15N.CH4/c1-5-6-9(4)7-8(2)3;/h5H,1-2,6-7H2,3-4H3;1H4/p+1. The molecule has 0 aliphatic carbocycles. The molecule has 0 rings (SSSR count). The van der Waals surface area contributed by atoms with Crippen LogP contribution in [0, 0.1) is 0 Å². The number of quaternary nitrogens is 1. The van der Waals surface area contributed by atoms with Gasteiger partial charge in [-0.1, -0.05) is 20.6 Å². The van der Waals surface area contributed by atoms with Crippen LogP contribution in [0.1, 0.15) is 14.4 Å². The third-order valence-electron chi connectivity index (χ3n) is 1.10. The van der Waals surface area contributed by atoms with Crippen LogP contribution in [0.15, 0.2) is 24.8 Å². The molecule has 0 bridgehead atoms. The first-order valence-electron chi connectivity index (χ1n) is 3.23. The molecule has 10 heavy (non-hydrogen) atoms. The Morgan fingerprint density at radius 2 is 2.10 bits per heavy atom. The van der Waals surface area contributed by atoms with Crippen LogP contribution in [0.5, 0.6) is 0 Å². The van der Waals surface area contributed by atoms with E-state index in [0.29, 0.717) is 0 Å². The monoisotopic (exact) mass is 142 g/mol. The lowest BCUT2D eigenvalue weighted by atomic mass is 10.3. The van der Waals surface area contributed by atoms with Crippen molar-refractivity contribution in [2.45, 2.75) is 14.4 Å². The van der Waals surface area contributed by atoms with Crippen LogP contribution in [0.2, 0.25) is 0 Å². The van der Waals surface area contributed by atoms with Crippen molar-refractivity contribution in [1.29, 1.82) is 0 Å². The topological polar surface area (TPSA) is 4.44 Å². The predicted molar refractivity (Wildman–Crippen MR) is 48.4 cm³/mol. The van der Waals surface area contributed by atoms with Crippen LogP contribution in [0.25, 0.3) is 0 Å². The highest BCUT2D eigenvalue weighted by molar-refractivity contribution is 4.86. The molecule has 1 N–H and O–H groups in total. The molecule has 60 valence electrons. The van der Waals surface area contributed by atoms with E-state index in [1.54, 1.807) is 0 Å². The third kappa shape index (κ3) is 7.44. The molecule has 0 saturated heterocycles. The number of rotatable bonds is 4. The van der Waals surface area contributed by atoms with E-state index in [0.717, 1.165) is 13.1 Å². The average molecular weight is 142 g/mol. The maximum atomic E-state index is 3.82. The van der Waals surface area contributed by atoms with E-state index in [-0.39, 0.29) is 7.43 Å². The Morgan fingerprint density at radius 1 is 1.60 bits per heavy atom. The SMILES string of the molecule is C.C=CC[NH+](C)CC(=C)C. The summed E-state index contributed by atoms with van der Waals surface area (Å²) in [5, 5.41) is 0. The largest absolute Gasteiger partial charge is 0.331 e. The number of hydrogen-bond acceptors (Lipinski definition) is 0. The van der Waals surface area contributed by atoms with Crippen molar-refractivity contribution in [3.63, 3.8) is 0 Å². The van der Waals surface area contributed by atoms with E-state index in [4.69, 9.17) is 0 Å². The minimum atomic E-state index is 0. The summed E-state index contributed by atoms with van der Waals surface area (Å²) in [6, 6.07) is 0. The molecule has 0 aromatic heterocycles. The van der Waals surface area contributed by atoms with Gasteiger partial charge in [0.25, 0.3) is 0 Å². The normalized spacial score (nSPS) is 11.4. The predicted octanol–water partition coefficient (Wildman–Crippen LogP) is 0.899. The van der Waals surface area contributed by atoms with Gasteiger partial charge in [0.1, 0.15) is 0 Å². The van der Waals surface area contributed by atoms with Crippen molar-refractivity contribution >= 4 is 0 Å². The van der Waals surface area contributed by atoms with Crippen molar-refractivity contribution < 1.29 is 4.90 Å². The highest BCUT2D eigenvalue weighted by atomic mass is 15.1. The Hall–Kier alpha value is -0.560. The lowest BCUT2D eigenvalue weighted by Gasteiger charge is -2.09. The Morgan fingerprint density at radius 3 is 2.40 bits per heavy atom. The van der Waals surface area contributed by atoms with Crippen LogP contribution < -0.4 is 4.90 Å². The Labute approximate surface area is 65.0 Å². The summed E-state index contributed by atoms with van der Waals surface area (Å²) in [5.41, 5.74) is 1.23. The average Bonchev–Trinajstić information content (AvgIpc) is 1.63. The van der Waals surface area contributed by atoms with E-state index in [2.05, 4.69) is 20.2 Å². The first kappa shape index (κ1) is 12.1. The maximum absolute atomic E-state index is 3.82. The molecule has 0 aliphatic rings. The van der Waals surface area contributed by atoms with Gasteiger partial charge in [-0.15, -0.1) is 0 Å². The van der Waals surface area contributed by atoms with Gasteiger partial charge in [-0.3, -0.25) is 0 Å². The second kappa shape index (κ2) is 6.56. The first-order chi connectivity index (χ1) is 4.16. The first-order valence-corrected chi connectivity index (χ1v) is 3.23. The summed E-state index contributed by atoms with van der Waals surface area (Å²) >= 11 is 0. The molecule has 0 amide bonds. The van der Waals surface area contributed by atoms with Crippen molar-refractivity contribution in [3.8, 4) is 0 Å². The van der Waals surface area contributed by atoms with Gasteiger partial charge in [-0.05, 0) is 18.6 Å². The minimum absolute atomic E-state index is 0.